The molecule has 9 heteroatoms. The van der Waals surface area contributed by atoms with Crippen LogP contribution < -0.4 is 10.6 Å². The Labute approximate surface area is 154 Å². The second-order valence-electron chi connectivity index (χ2n) is 6.35. The third-order valence-electron chi connectivity index (χ3n) is 4.57. The van der Waals surface area contributed by atoms with Crippen LogP contribution in [0, 0.1) is 0 Å². The van der Waals surface area contributed by atoms with Crippen LogP contribution in [0.2, 0.25) is 5.15 Å². The Balaban J connectivity index is 1.71. The molecule has 0 atom stereocenters. The molecule has 3 rings (SSSR count). The SMILES string of the molecule is FCCNC1CCC(Nc2cc(Cl)ncc2-c2ccn(C(F)F)n2)CC1. The molecule has 1 aliphatic rings. The minimum Gasteiger partial charge on any atom is -0.382 e. The van der Waals surface area contributed by atoms with Crippen LogP contribution in [-0.2, 0) is 0 Å². The molecule has 2 aromatic rings. The summed E-state index contributed by atoms with van der Waals surface area (Å²) in [6.07, 6.45) is 6.53. The highest BCUT2D eigenvalue weighted by atomic mass is 35.5. The van der Waals surface area contributed by atoms with Crippen molar-refractivity contribution in [2.45, 2.75) is 44.3 Å². The number of halogens is 4. The molecule has 1 fully saturated rings. The van der Waals surface area contributed by atoms with Crippen molar-refractivity contribution < 1.29 is 13.2 Å². The van der Waals surface area contributed by atoms with Gasteiger partial charge in [0.05, 0.1) is 5.69 Å². The van der Waals surface area contributed by atoms with E-state index in [1.165, 1.54) is 18.5 Å². The van der Waals surface area contributed by atoms with Crippen LogP contribution in [0.3, 0.4) is 0 Å². The quantitative estimate of drug-likeness (QED) is 0.696. The van der Waals surface area contributed by atoms with E-state index in [4.69, 9.17) is 11.6 Å². The van der Waals surface area contributed by atoms with Gasteiger partial charge in [-0.3, -0.25) is 0 Å². The summed E-state index contributed by atoms with van der Waals surface area (Å²) in [6.45, 7) is -2.66. The molecule has 2 heterocycles. The summed E-state index contributed by atoms with van der Waals surface area (Å²) in [4.78, 5) is 4.05. The number of alkyl halides is 3. The molecule has 0 amide bonds. The van der Waals surface area contributed by atoms with E-state index < -0.39 is 6.55 Å². The highest BCUT2D eigenvalue weighted by Gasteiger charge is 2.22. The molecule has 0 bridgehead atoms. The number of nitrogens with zero attached hydrogens (tertiary/aromatic N) is 3. The Kier molecular flexibility index (Phi) is 6.37. The number of rotatable bonds is 7. The molecule has 1 aliphatic carbocycles. The smallest absolute Gasteiger partial charge is 0.333 e. The largest absolute Gasteiger partial charge is 0.382 e. The van der Waals surface area contributed by atoms with Gasteiger partial charge >= 0.3 is 6.55 Å². The first kappa shape index (κ1) is 19.0. The Morgan fingerprint density at radius 3 is 2.62 bits per heavy atom. The number of anilines is 1. The maximum absolute atomic E-state index is 12.8. The van der Waals surface area contributed by atoms with Crippen LogP contribution in [0.15, 0.2) is 24.5 Å². The lowest BCUT2D eigenvalue weighted by molar-refractivity contribution is 0.0568. The third kappa shape index (κ3) is 4.67. The molecule has 1 saturated carbocycles. The zero-order valence-corrected chi connectivity index (χ0v) is 14.9. The number of hydrogen-bond acceptors (Lipinski definition) is 4. The molecule has 0 unspecified atom stereocenters. The third-order valence-corrected chi connectivity index (χ3v) is 4.78. The van der Waals surface area contributed by atoms with Gasteiger partial charge in [0.25, 0.3) is 0 Å². The topological polar surface area (TPSA) is 54.8 Å². The van der Waals surface area contributed by atoms with E-state index in [1.807, 2.05) is 0 Å². The monoisotopic (exact) mass is 387 g/mol. The van der Waals surface area contributed by atoms with E-state index in [2.05, 4.69) is 20.7 Å². The molecule has 0 aromatic carbocycles. The van der Waals surface area contributed by atoms with Gasteiger partial charge in [-0.2, -0.15) is 13.9 Å². The first-order valence-corrected chi connectivity index (χ1v) is 8.99. The second kappa shape index (κ2) is 8.73. The van der Waals surface area contributed by atoms with Gasteiger partial charge in [0.2, 0.25) is 0 Å². The summed E-state index contributed by atoms with van der Waals surface area (Å²) in [5.41, 5.74) is 1.77. The first-order valence-electron chi connectivity index (χ1n) is 8.62. The summed E-state index contributed by atoms with van der Waals surface area (Å²) in [5.74, 6) is 0. The van der Waals surface area contributed by atoms with Crippen molar-refractivity contribution >= 4 is 17.3 Å². The molecule has 2 N–H and O–H groups in total. The summed E-state index contributed by atoms with van der Waals surface area (Å²) >= 11 is 6.02. The Morgan fingerprint density at radius 2 is 1.96 bits per heavy atom. The standard InChI is InChI=1S/C17H21ClF3N5/c18-16-9-15(24-12-3-1-11(2-4-12)22-7-6-19)13(10-23-16)14-5-8-26(25-14)17(20)21/h5,8-12,17,22H,1-4,6-7H2,(H,23,24). The minimum atomic E-state index is -2.69. The lowest BCUT2D eigenvalue weighted by atomic mass is 9.91. The molecule has 0 spiro atoms. The van der Waals surface area contributed by atoms with Gasteiger partial charge in [-0.1, -0.05) is 11.6 Å². The van der Waals surface area contributed by atoms with Gasteiger partial charge < -0.3 is 10.6 Å². The van der Waals surface area contributed by atoms with Crippen LogP contribution in [0.1, 0.15) is 32.2 Å². The Bertz CT molecular complexity index is 716. The van der Waals surface area contributed by atoms with Gasteiger partial charge in [0, 0.05) is 42.3 Å². The Hall–Kier alpha value is -1.80. The fourth-order valence-corrected chi connectivity index (χ4v) is 3.42. The molecule has 0 saturated heterocycles. The lowest BCUT2D eigenvalue weighted by Gasteiger charge is -2.30. The first-order chi connectivity index (χ1) is 12.6. The van der Waals surface area contributed by atoms with Crippen molar-refractivity contribution in [2.75, 3.05) is 18.5 Å². The van der Waals surface area contributed by atoms with Crippen molar-refractivity contribution in [3.63, 3.8) is 0 Å². The van der Waals surface area contributed by atoms with Crippen LogP contribution in [0.5, 0.6) is 0 Å². The predicted molar refractivity (Wildman–Crippen MR) is 95.4 cm³/mol. The zero-order valence-electron chi connectivity index (χ0n) is 14.1. The maximum atomic E-state index is 12.8. The van der Waals surface area contributed by atoms with E-state index >= 15 is 0 Å². The summed E-state index contributed by atoms with van der Waals surface area (Å²) in [7, 11) is 0. The van der Waals surface area contributed by atoms with Crippen molar-refractivity contribution in [2.24, 2.45) is 0 Å². The van der Waals surface area contributed by atoms with Gasteiger partial charge in [0.1, 0.15) is 11.8 Å². The fraction of sp³-hybridized carbons (Fsp3) is 0.529. The highest BCUT2D eigenvalue weighted by molar-refractivity contribution is 6.29. The minimum absolute atomic E-state index is 0.229. The summed E-state index contributed by atoms with van der Waals surface area (Å²) in [5, 5.41) is 10.9. The van der Waals surface area contributed by atoms with E-state index in [0.717, 1.165) is 31.4 Å². The molecule has 0 aliphatic heterocycles. The average molecular weight is 388 g/mol. The molecule has 5 nitrogen and oxygen atoms in total. The van der Waals surface area contributed by atoms with Gasteiger partial charge in [-0.15, -0.1) is 0 Å². The van der Waals surface area contributed by atoms with E-state index in [9.17, 15) is 13.2 Å². The number of aromatic nitrogens is 3. The van der Waals surface area contributed by atoms with Crippen LogP contribution in [-0.4, -0.2) is 40.1 Å². The lowest BCUT2D eigenvalue weighted by Crippen LogP contribution is -2.37. The predicted octanol–water partition coefficient (Wildman–Crippen LogP) is 4.28. The fourth-order valence-electron chi connectivity index (χ4n) is 3.26. The molecule has 142 valence electrons. The molecule has 0 radical (unpaired) electrons. The van der Waals surface area contributed by atoms with Gasteiger partial charge in [-0.25, -0.2) is 14.1 Å². The molecule has 26 heavy (non-hydrogen) atoms. The highest BCUT2D eigenvalue weighted by Crippen LogP contribution is 2.31. The number of nitrogens with one attached hydrogen (secondary N) is 2. The normalized spacial score (nSPS) is 20.5. The summed E-state index contributed by atoms with van der Waals surface area (Å²) < 4.78 is 38.4. The molecule has 2 aromatic heterocycles. The van der Waals surface area contributed by atoms with Gasteiger partial charge in [-0.05, 0) is 37.8 Å². The average Bonchev–Trinajstić information content (AvgIpc) is 3.11. The van der Waals surface area contributed by atoms with Crippen LogP contribution in [0.25, 0.3) is 11.3 Å². The van der Waals surface area contributed by atoms with Crippen molar-refractivity contribution in [3.05, 3.63) is 29.7 Å². The van der Waals surface area contributed by atoms with E-state index in [-0.39, 0.29) is 12.7 Å². The van der Waals surface area contributed by atoms with Crippen molar-refractivity contribution in [3.8, 4) is 11.3 Å². The van der Waals surface area contributed by atoms with E-state index in [0.29, 0.717) is 33.7 Å². The molecular formula is C17H21ClF3N5. The maximum Gasteiger partial charge on any atom is 0.333 e. The summed E-state index contributed by atoms with van der Waals surface area (Å²) in [6, 6.07) is 3.78. The number of pyridine rings is 1. The van der Waals surface area contributed by atoms with Gasteiger partial charge in [0.15, 0.2) is 0 Å². The van der Waals surface area contributed by atoms with Crippen molar-refractivity contribution in [1.29, 1.82) is 0 Å². The van der Waals surface area contributed by atoms with Crippen molar-refractivity contribution in [1.82, 2.24) is 20.1 Å². The Morgan fingerprint density at radius 1 is 1.23 bits per heavy atom. The number of hydrogen-bond donors (Lipinski definition) is 2. The van der Waals surface area contributed by atoms with Crippen LogP contribution in [0.4, 0.5) is 18.9 Å². The molecular weight excluding hydrogens is 367 g/mol. The zero-order chi connectivity index (χ0) is 18.5. The second-order valence-corrected chi connectivity index (χ2v) is 6.73. The van der Waals surface area contributed by atoms with Crippen LogP contribution >= 0.6 is 11.6 Å². The van der Waals surface area contributed by atoms with E-state index in [1.54, 1.807) is 6.07 Å².